The third-order valence-electron chi connectivity index (χ3n) is 6.70. The molecule has 1 N–H and O–H groups in total. The highest BCUT2D eigenvalue weighted by Crippen LogP contribution is 2.16. The fourth-order valence-electron chi connectivity index (χ4n) is 4.54. The van der Waals surface area contributed by atoms with E-state index in [9.17, 15) is 9.59 Å². The summed E-state index contributed by atoms with van der Waals surface area (Å²) in [5.74, 6) is -0.132. The van der Waals surface area contributed by atoms with Crippen molar-refractivity contribution >= 4 is 11.9 Å². The minimum atomic E-state index is -0.267. The number of carbonyl (C=O) groups is 2. The van der Waals surface area contributed by atoms with E-state index in [4.69, 9.17) is 4.74 Å². The molecule has 0 aromatic carbocycles. The highest BCUT2D eigenvalue weighted by molar-refractivity contribution is 5.77. The maximum Gasteiger partial charge on any atom is 0.306 e. The monoisotopic (exact) mass is 481 g/mol. The molecule has 0 rings (SSSR count). The molecule has 0 saturated carbocycles. The van der Waals surface area contributed by atoms with Crippen molar-refractivity contribution in [1.29, 1.82) is 0 Å². The molecule has 202 valence electrons. The summed E-state index contributed by atoms with van der Waals surface area (Å²) in [6, 6.07) is 0. The van der Waals surface area contributed by atoms with Crippen LogP contribution in [0.25, 0.3) is 0 Å². The largest absolute Gasteiger partial charge is 0.462 e. The van der Waals surface area contributed by atoms with Crippen molar-refractivity contribution in [2.45, 2.75) is 175 Å². The van der Waals surface area contributed by atoms with Crippen LogP contribution in [-0.4, -0.2) is 24.5 Å². The Labute approximate surface area is 212 Å². The van der Waals surface area contributed by atoms with Gasteiger partial charge in [0.15, 0.2) is 0 Å². The Balaban J connectivity index is 3.91. The van der Waals surface area contributed by atoms with Crippen molar-refractivity contribution in [3.63, 3.8) is 0 Å². The third-order valence-corrected chi connectivity index (χ3v) is 6.70. The van der Waals surface area contributed by atoms with Gasteiger partial charge in [-0.05, 0) is 26.2 Å². The van der Waals surface area contributed by atoms with E-state index in [1.807, 2.05) is 6.92 Å². The number of ether oxygens (including phenoxy) is 1. The summed E-state index contributed by atoms with van der Waals surface area (Å²) in [5.41, 5.74) is 0. The van der Waals surface area contributed by atoms with Crippen LogP contribution in [0.5, 0.6) is 0 Å². The Morgan fingerprint density at radius 1 is 0.588 bits per heavy atom. The van der Waals surface area contributed by atoms with E-state index in [2.05, 4.69) is 19.2 Å². The van der Waals surface area contributed by atoms with Gasteiger partial charge in [0.1, 0.15) is 6.10 Å². The van der Waals surface area contributed by atoms with Gasteiger partial charge in [0.25, 0.3) is 0 Å². The smallest absolute Gasteiger partial charge is 0.306 e. The highest BCUT2D eigenvalue weighted by atomic mass is 16.5. The lowest BCUT2D eigenvalue weighted by atomic mass is 10.0. The minimum absolute atomic E-state index is 0.00841. The predicted molar refractivity (Wildman–Crippen MR) is 146 cm³/mol. The SMILES string of the molecule is CCCCCCCCCCCCCC(=O)OC(CCCCCCCCCCC)CC(=O)NCC. The molecule has 0 aliphatic rings. The standard InChI is InChI=1S/C30H59NO3/c1-4-7-9-11-13-15-16-18-20-22-24-26-30(33)34-28(27-29(32)31-6-3)25-23-21-19-17-14-12-10-8-5-2/h28H,4-27H2,1-3H3,(H,31,32). The zero-order valence-corrected chi connectivity index (χ0v) is 23.3. The van der Waals surface area contributed by atoms with Crippen LogP contribution in [0.1, 0.15) is 168 Å². The Kier molecular flexibility index (Phi) is 25.7. The maximum atomic E-state index is 12.4. The Morgan fingerprint density at radius 2 is 1.00 bits per heavy atom. The van der Waals surface area contributed by atoms with E-state index in [-0.39, 0.29) is 18.0 Å². The van der Waals surface area contributed by atoms with Crippen LogP contribution in [-0.2, 0) is 14.3 Å². The molecule has 0 bridgehead atoms. The molecule has 0 aliphatic carbocycles. The summed E-state index contributed by atoms with van der Waals surface area (Å²) in [7, 11) is 0. The van der Waals surface area contributed by atoms with Crippen LogP contribution in [0.2, 0.25) is 0 Å². The fourth-order valence-corrected chi connectivity index (χ4v) is 4.54. The van der Waals surface area contributed by atoms with Gasteiger partial charge in [0.05, 0.1) is 6.42 Å². The van der Waals surface area contributed by atoms with Gasteiger partial charge >= 0.3 is 5.97 Å². The molecule has 0 fully saturated rings. The first-order chi connectivity index (χ1) is 16.6. The number of esters is 1. The van der Waals surface area contributed by atoms with Crippen LogP contribution < -0.4 is 5.32 Å². The van der Waals surface area contributed by atoms with Crippen molar-refractivity contribution in [2.24, 2.45) is 0 Å². The van der Waals surface area contributed by atoms with Gasteiger partial charge in [0, 0.05) is 13.0 Å². The van der Waals surface area contributed by atoms with Gasteiger partial charge in [-0.3, -0.25) is 9.59 Å². The number of carbonyl (C=O) groups excluding carboxylic acids is 2. The molecule has 4 nitrogen and oxygen atoms in total. The Bertz CT molecular complexity index is 452. The van der Waals surface area contributed by atoms with E-state index in [1.54, 1.807) is 0 Å². The molecular formula is C30H59NO3. The van der Waals surface area contributed by atoms with Crippen molar-refractivity contribution in [3.05, 3.63) is 0 Å². The zero-order valence-electron chi connectivity index (χ0n) is 23.3. The predicted octanol–water partition coefficient (Wildman–Crippen LogP) is 9.05. The van der Waals surface area contributed by atoms with Crippen molar-refractivity contribution in [3.8, 4) is 0 Å². The molecule has 1 atom stereocenters. The number of amides is 1. The van der Waals surface area contributed by atoms with Crippen LogP contribution >= 0.6 is 0 Å². The van der Waals surface area contributed by atoms with E-state index in [0.717, 1.165) is 32.1 Å². The highest BCUT2D eigenvalue weighted by Gasteiger charge is 2.18. The number of rotatable bonds is 26. The first-order valence-electron chi connectivity index (χ1n) is 15.1. The summed E-state index contributed by atoms with van der Waals surface area (Å²) in [4.78, 5) is 24.4. The third kappa shape index (κ3) is 24.1. The van der Waals surface area contributed by atoms with Crippen LogP contribution in [0.15, 0.2) is 0 Å². The second-order valence-corrected chi connectivity index (χ2v) is 10.2. The summed E-state index contributed by atoms with van der Waals surface area (Å²) in [6.45, 7) is 7.06. The first-order valence-corrected chi connectivity index (χ1v) is 15.1. The first kappa shape index (κ1) is 32.9. The summed E-state index contributed by atoms with van der Waals surface area (Å²) in [5, 5.41) is 2.84. The lowest BCUT2D eigenvalue weighted by Gasteiger charge is -2.18. The molecule has 0 heterocycles. The average Bonchev–Trinajstić information content (AvgIpc) is 2.81. The molecular weight excluding hydrogens is 422 g/mol. The van der Waals surface area contributed by atoms with Crippen LogP contribution in [0, 0.1) is 0 Å². The molecule has 0 radical (unpaired) electrons. The molecule has 0 aliphatic heterocycles. The van der Waals surface area contributed by atoms with E-state index in [0.29, 0.717) is 19.4 Å². The normalized spacial score (nSPS) is 12.0. The second kappa shape index (κ2) is 26.5. The second-order valence-electron chi connectivity index (χ2n) is 10.2. The fraction of sp³-hybridized carbons (Fsp3) is 0.933. The maximum absolute atomic E-state index is 12.4. The number of hydrogen-bond donors (Lipinski definition) is 1. The molecule has 1 amide bonds. The van der Waals surface area contributed by atoms with Gasteiger partial charge in [-0.15, -0.1) is 0 Å². The lowest BCUT2D eigenvalue weighted by Crippen LogP contribution is -2.29. The van der Waals surface area contributed by atoms with Gasteiger partial charge in [0.2, 0.25) is 5.91 Å². The Hall–Kier alpha value is -1.06. The minimum Gasteiger partial charge on any atom is -0.462 e. The van der Waals surface area contributed by atoms with E-state index < -0.39 is 0 Å². The van der Waals surface area contributed by atoms with Crippen molar-refractivity contribution < 1.29 is 14.3 Å². The van der Waals surface area contributed by atoms with Crippen molar-refractivity contribution in [1.82, 2.24) is 5.32 Å². The lowest BCUT2D eigenvalue weighted by molar-refractivity contribution is -0.150. The average molecular weight is 482 g/mol. The number of hydrogen-bond acceptors (Lipinski definition) is 3. The zero-order chi connectivity index (χ0) is 25.1. The Morgan fingerprint density at radius 3 is 1.44 bits per heavy atom. The molecule has 0 aromatic heterocycles. The van der Waals surface area contributed by atoms with Crippen LogP contribution in [0.3, 0.4) is 0 Å². The van der Waals surface area contributed by atoms with Gasteiger partial charge < -0.3 is 10.1 Å². The molecule has 0 saturated heterocycles. The molecule has 0 aromatic rings. The van der Waals surface area contributed by atoms with Gasteiger partial charge in [-0.25, -0.2) is 0 Å². The summed E-state index contributed by atoms with van der Waals surface area (Å²) in [6.07, 6.45) is 26.8. The molecule has 4 heteroatoms. The topological polar surface area (TPSA) is 55.4 Å². The molecule has 0 spiro atoms. The van der Waals surface area contributed by atoms with Crippen LogP contribution in [0.4, 0.5) is 0 Å². The summed E-state index contributed by atoms with van der Waals surface area (Å²) < 4.78 is 5.73. The summed E-state index contributed by atoms with van der Waals surface area (Å²) >= 11 is 0. The number of unbranched alkanes of at least 4 members (excludes halogenated alkanes) is 18. The molecule has 1 unspecified atom stereocenters. The van der Waals surface area contributed by atoms with E-state index in [1.165, 1.54) is 103 Å². The van der Waals surface area contributed by atoms with Crippen molar-refractivity contribution in [2.75, 3.05) is 6.54 Å². The quantitative estimate of drug-likeness (QED) is 0.0990. The van der Waals surface area contributed by atoms with E-state index >= 15 is 0 Å². The van der Waals surface area contributed by atoms with Gasteiger partial charge in [-0.2, -0.15) is 0 Å². The molecule has 34 heavy (non-hydrogen) atoms. The number of nitrogens with one attached hydrogen (secondary N) is 1. The van der Waals surface area contributed by atoms with Gasteiger partial charge in [-0.1, -0.05) is 129 Å².